The zero-order valence-corrected chi connectivity index (χ0v) is 35.4. The fraction of sp³-hybridized carbons (Fsp3) is 0.0492. The summed E-state index contributed by atoms with van der Waals surface area (Å²) in [5.74, 6) is 0.232. The van der Waals surface area contributed by atoms with Crippen LogP contribution in [0.25, 0.3) is 50.1 Å². The molecule has 0 heterocycles. The predicted octanol–water partition coefficient (Wildman–Crippen LogP) is 16.6. The summed E-state index contributed by atoms with van der Waals surface area (Å²) in [4.78, 5) is 4.84. The molecule has 2 atom stereocenters. The van der Waals surface area contributed by atoms with Crippen LogP contribution in [-0.4, -0.2) is 6.04 Å². The van der Waals surface area contributed by atoms with Gasteiger partial charge in [0.15, 0.2) is 0 Å². The van der Waals surface area contributed by atoms with Crippen LogP contribution in [0, 0.1) is 5.92 Å². The lowest BCUT2D eigenvalue weighted by Crippen LogP contribution is -2.35. The van der Waals surface area contributed by atoms with Gasteiger partial charge in [-0.2, -0.15) is 0 Å². The molecule has 302 valence electrons. The summed E-state index contributed by atoms with van der Waals surface area (Å²) < 4.78 is 0. The largest absolute Gasteiger partial charge is 0.334 e. The maximum absolute atomic E-state index is 2.49. The molecule has 0 aliphatic heterocycles. The van der Waals surface area contributed by atoms with Crippen molar-refractivity contribution < 1.29 is 0 Å². The van der Waals surface area contributed by atoms with Crippen LogP contribution in [-0.2, 0) is 0 Å². The topological polar surface area (TPSA) is 6.48 Å². The number of benzene rings is 9. The van der Waals surface area contributed by atoms with Crippen molar-refractivity contribution in [2.45, 2.75) is 13.0 Å². The normalized spacial score (nSPS) is 14.5. The quantitative estimate of drug-likeness (QED) is 0.128. The second-order valence-electron chi connectivity index (χ2n) is 16.2. The fourth-order valence-electron chi connectivity index (χ4n) is 8.83. The van der Waals surface area contributed by atoms with Crippen molar-refractivity contribution in [3.63, 3.8) is 0 Å². The lowest BCUT2D eigenvalue weighted by Gasteiger charge is -2.37. The number of nitrogens with zero attached hydrogens (tertiary/aromatic N) is 2. The van der Waals surface area contributed by atoms with Gasteiger partial charge in [0.25, 0.3) is 0 Å². The number of hydrogen-bond donors (Lipinski definition) is 0. The van der Waals surface area contributed by atoms with Gasteiger partial charge in [0.2, 0.25) is 0 Å². The Labute approximate surface area is 372 Å². The van der Waals surface area contributed by atoms with Gasteiger partial charge >= 0.3 is 0 Å². The highest BCUT2D eigenvalue weighted by atomic mass is 15.2. The molecule has 0 fully saturated rings. The van der Waals surface area contributed by atoms with Crippen LogP contribution < -0.4 is 9.80 Å². The van der Waals surface area contributed by atoms with Gasteiger partial charge in [0.1, 0.15) is 0 Å². The highest BCUT2D eigenvalue weighted by Gasteiger charge is 2.26. The van der Waals surface area contributed by atoms with Crippen molar-refractivity contribution in [1.29, 1.82) is 0 Å². The van der Waals surface area contributed by atoms with E-state index in [9.17, 15) is 0 Å². The summed E-state index contributed by atoms with van der Waals surface area (Å²) >= 11 is 0. The summed E-state index contributed by atoms with van der Waals surface area (Å²) in [7, 11) is 0. The molecule has 0 saturated heterocycles. The van der Waals surface area contributed by atoms with Crippen LogP contribution in [0.3, 0.4) is 0 Å². The first-order valence-corrected chi connectivity index (χ1v) is 21.9. The highest BCUT2D eigenvalue weighted by Crippen LogP contribution is 2.40. The lowest BCUT2D eigenvalue weighted by molar-refractivity contribution is 0.611. The SMILES string of the molecule is CC1C=C(c2ccc(N(c3ccc(-c4ccccc4)cc3)c3ccc(-c4ccccc4)cc3)cc2)C=CC1N(c1ccc(-c2ccccc2)cc1)c1ccc(-c2ccccc2)cc1. The first-order valence-electron chi connectivity index (χ1n) is 21.9. The summed E-state index contributed by atoms with van der Waals surface area (Å²) in [6.45, 7) is 2.34. The fourth-order valence-corrected chi connectivity index (χ4v) is 8.83. The molecule has 0 spiro atoms. The Morgan fingerprint density at radius 1 is 0.286 bits per heavy atom. The van der Waals surface area contributed by atoms with Gasteiger partial charge in [0.05, 0.1) is 6.04 Å². The first-order chi connectivity index (χ1) is 31.1. The number of rotatable bonds is 11. The van der Waals surface area contributed by atoms with E-state index in [1.165, 1.54) is 67.0 Å². The van der Waals surface area contributed by atoms with E-state index < -0.39 is 0 Å². The van der Waals surface area contributed by atoms with Crippen molar-refractivity contribution >= 4 is 34.0 Å². The van der Waals surface area contributed by atoms with E-state index in [1.54, 1.807) is 0 Å². The lowest BCUT2D eigenvalue weighted by atomic mass is 9.88. The first kappa shape index (κ1) is 39.2. The average molecular weight is 809 g/mol. The molecule has 1 aliphatic rings. The van der Waals surface area contributed by atoms with Gasteiger partial charge in [-0.3, -0.25) is 0 Å². The van der Waals surface area contributed by atoms with Gasteiger partial charge in [-0.25, -0.2) is 0 Å². The van der Waals surface area contributed by atoms with E-state index in [1.807, 2.05) is 0 Å². The smallest absolute Gasteiger partial charge is 0.0585 e. The summed E-state index contributed by atoms with van der Waals surface area (Å²) in [5, 5.41) is 0. The number of allylic oxidation sites excluding steroid dienone is 2. The van der Waals surface area contributed by atoms with Gasteiger partial charge < -0.3 is 9.80 Å². The summed E-state index contributed by atoms with van der Waals surface area (Å²) in [5.41, 5.74) is 17.8. The summed E-state index contributed by atoms with van der Waals surface area (Å²) in [6.07, 6.45) is 7.14. The minimum atomic E-state index is 0.117. The van der Waals surface area contributed by atoms with Crippen molar-refractivity contribution in [2.75, 3.05) is 9.80 Å². The van der Waals surface area contributed by atoms with Gasteiger partial charge in [-0.15, -0.1) is 0 Å². The van der Waals surface area contributed by atoms with Crippen molar-refractivity contribution in [3.05, 3.63) is 266 Å². The van der Waals surface area contributed by atoms with Crippen LogP contribution >= 0.6 is 0 Å². The molecule has 2 heteroatoms. The minimum absolute atomic E-state index is 0.117. The molecule has 0 bridgehead atoms. The van der Waals surface area contributed by atoms with Crippen molar-refractivity contribution in [1.82, 2.24) is 0 Å². The van der Waals surface area contributed by atoms with E-state index in [0.29, 0.717) is 0 Å². The van der Waals surface area contributed by atoms with Gasteiger partial charge in [-0.05, 0) is 122 Å². The van der Waals surface area contributed by atoms with Crippen LogP contribution in [0.2, 0.25) is 0 Å². The molecule has 0 radical (unpaired) electrons. The third-order valence-corrected chi connectivity index (χ3v) is 12.2. The van der Waals surface area contributed by atoms with Gasteiger partial charge in [0, 0.05) is 28.4 Å². The maximum Gasteiger partial charge on any atom is 0.0585 e. The molecule has 2 nitrogen and oxygen atoms in total. The van der Waals surface area contributed by atoms with Crippen LogP contribution in [0.4, 0.5) is 28.4 Å². The third kappa shape index (κ3) is 8.53. The van der Waals surface area contributed by atoms with E-state index in [4.69, 9.17) is 0 Å². The predicted molar refractivity (Wildman–Crippen MR) is 268 cm³/mol. The Hall–Kier alpha value is -7.94. The molecule has 0 amide bonds. The second-order valence-corrected chi connectivity index (χ2v) is 16.2. The zero-order valence-electron chi connectivity index (χ0n) is 35.4. The Morgan fingerprint density at radius 3 is 0.857 bits per heavy atom. The van der Waals surface area contributed by atoms with E-state index in [2.05, 4.69) is 278 Å². The summed E-state index contributed by atoms with van der Waals surface area (Å²) in [6, 6.07) is 87.4. The Bertz CT molecular complexity index is 2770. The van der Waals surface area contributed by atoms with Crippen LogP contribution in [0.5, 0.6) is 0 Å². The Balaban J connectivity index is 0.946. The molecule has 0 N–H and O–H groups in total. The van der Waals surface area contributed by atoms with E-state index >= 15 is 0 Å². The molecule has 2 unspecified atom stereocenters. The minimum Gasteiger partial charge on any atom is -0.334 e. The van der Waals surface area contributed by atoms with Gasteiger partial charge in [-0.1, -0.05) is 207 Å². The Kier molecular flexibility index (Phi) is 11.2. The molecule has 10 rings (SSSR count). The zero-order chi connectivity index (χ0) is 42.4. The molecule has 63 heavy (non-hydrogen) atoms. The van der Waals surface area contributed by atoms with Crippen molar-refractivity contribution in [2.24, 2.45) is 5.92 Å². The molecular weight excluding hydrogens is 761 g/mol. The Morgan fingerprint density at radius 2 is 0.556 bits per heavy atom. The third-order valence-electron chi connectivity index (χ3n) is 12.2. The van der Waals surface area contributed by atoms with Crippen LogP contribution in [0.1, 0.15) is 12.5 Å². The molecule has 0 aromatic heterocycles. The molecule has 9 aromatic rings. The molecule has 0 saturated carbocycles. The maximum atomic E-state index is 2.49. The monoisotopic (exact) mass is 808 g/mol. The standard InChI is InChI=1S/C61H48N2/c1-45-44-55(32-43-61(45)63(59-39-26-52(27-40-59)48-18-10-4-11-19-48)60-41-28-53(29-42-60)49-20-12-5-13-21-49)54-30-37-58(38-31-54)62(56-33-22-50(23-34-56)46-14-6-2-7-15-46)57-35-24-51(25-36-57)47-16-8-3-9-17-47/h2-45,61H,1H3. The molecule has 9 aromatic carbocycles. The van der Waals surface area contributed by atoms with E-state index in [0.717, 1.165) is 17.1 Å². The van der Waals surface area contributed by atoms with Crippen LogP contribution in [0.15, 0.2) is 261 Å². The molecular formula is C61H48N2. The number of hydrogen-bond acceptors (Lipinski definition) is 2. The number of anilines is 5. The van der Waals surface area contributed by atoms with Crippen molar-refractivity contribution in [3.8, 4) is 44.5 Å². The van der Waals surface area contributed by atoms with E-state index in [-0.39, 0.29) is 12.0 Å². The second kappa shape index (κ2) is 18.0. The highest BCUT2D eigenvalue weighted by molar-refractivity contribution is 5.83. The average Bonchev–Trinajstić information content (AvgIpc) is 3.37. The molecule has 1 aliphatic carbocycles.